The zero-order valence-corrected chi connectivity index (χ0v) is 19.4. The minimum Gasteiger partial charge on any atom is -0.289 e. The Morgan fingerprint density at radius 1 is 1.16 bits per heavy atom. The number of carbonyl (C=O) groups is 1. The lowest BCUT2D eigenvalue weighted by Gasteiger charge is -2.20. The third kappa shape index (κ3) is 4.00. The number of aromatic nitrogens is 2. The van der Waals surface area contributed by atoms with Crippen LogP contribution < -0.4 is 0 Å². The van der Waals surface area contributed by atoms with E-state index in [1.165, 1.54) is 16.7 Å². The number of thiophene rings is 1. The van der Waals surface area contributed by atoms with Crippen molar-refractivity contribution in [1.82, 2.24) is 14.7 Å². The number of thioether (sulfide) groups is 1. The number of hydrogen-bond acceptors (Lipinski definition) is 7. The minimum atomic E-state index is -3.11. The molecule has 5 rings (SSSR count). The number of hydrogen-bond donors (Lipinski definition) is 0. The van der Waals surface area contributed by atoms with E-state index in [-0.39, 0.29) is 23.5 Å². The molecule has 2 saturated heterocycles. The van der Waals surface area contributed by atoms with Crippen LogP contribution in [-0.4, -0.2) is 50.9 Å². The first kappa shape index (κ1) is 20.6. The van der Waals surface area contributed by atoms with Gasteiger partial charge in [0.15, 0.2) is 9.84 Å². The Balaban J connectivity index is 1.52. The van der Waals surface area contributed by atoms with Crippen molar-refractivity contribution in [1.29, 1.82) is 0 Å². The normalized spacial score (nSPS) is 22.0. The summed E-state index contributed by atoms with van der Waals surface area (Å²) in [6.07, 6.45) is 4.13. The second-order valence-corrected chi connectivity index (χ2v) is 12.2. The van der Waals surface area contributed by atoms with Gasteiger partial charge < -0.3 is 0 Å². The van der Waals surface area contributed by atoms with Gasteiger partial charge in [-0.3, -0.25) is 9.69 Å². The molecule has 0 aliphatic carbocycles. The number of benzene rings is 1. The summed E-state index contributed by atoms with van der Waals surface area (Å²) in [4.78, 5) is 16.1. The van der Waals surface area contributed by atoms with Crippen molar-refractivity contribution in [2.75, 3.05) is 11.5 Å². The maximum Gasteiger partial charge on any atom is 0.266 e. The Morgan fingerprint density at radius 3 is 2.65 bits per heavy atom. The molecule has 2 fully saturated rings. The van der Waals surface area contributed by atoms with Crippen LogP contribution in [0.3, 0.4) is 0 Å². The molecule has 0 N–H and O–H groups in total. The zero-order valence-electron chi connectivity index (χ0n) is 16.2. The first-order chi connectivity index (χ1) is 14.9. The van der Waals surface area contributed by atoms with Crippen molar-refractivity contribution in [2.24, 2.45) is 0 Å². The number of nitrogens with zero attached hydrogens (tertiary/aromatic N) is 3. The molecule has 0 radical (unpaired) electrons. The molecule has 0 bridgehead atoms. The fraction of sp³-hybridized carbons (Fsp3) is 0.190. The highest BCUT2D eigenvalue weighted by Crippen LogP contribution is 2.38. The van der Waals surface area contributed by atoms with Crippen LogP contribution >= 0.6 is 35.3 Å². The largest absolute Gasteiger partial charge is 0.289 e. The molecular formula is C21H17N3O3S4. The average Bonchev–Trinajstić information content (AvgIpc) is 3.51. The van der Waals surface area contributed by atoms with Gasteiger partial charge >= 0.3 is 0 Å². The highest BCUT2D eigenvalue weighted by Gasteiger charge is 2.42. The van der Waals surface area contributed by atoms with Gasteiger partial charge in [-0.2, -0.15) is 5.10 Å². The van der Waals surface area contributed by atoms with Gasteiger partial charge in [-0.25, -0.2) is 13.1 Å². The summed E-state index contributed by atoms with van der Waals surface area (Å²) >= 11 is 8.22. The number of rotatable bonds is 4. The van der Waals surface area contributed by atoms with E-state index in [1.807, 2.05) is 60.1 Å². The molecule has 6 nitrogen and oxygen atoms in total. The summed E-state index contributed by atoms with van der Waals surface area (Å²) in [6, 6.07) is 13.4. The van der Waals surface area contributed by atoms with Gasteiger partial charge in [-0.15, -0.1) is 11.3 Å². The Bertz CT molecular complexity index is 1290. The monoisotopic (exact) mass is 487 g/mol. The molecule has 0 saturated carbocycles. The SMILES string of the molecule is O=C1/C(=C\c2cn(-c3ccccc3)nc2-c2cccs2)SC(=S)N1C1CCS(=O)(=O)C1. The van der Waals surface area contributed by atoms with Crippen molar-refractivity contribution in [2.45, 2.75) is 12.5 Å². The van der Waals surface area contributed by atoms with Crippen molar-refractivity contribution in [3.05, 3.63) is 64.5 Å². The highest BCUT2D eigenvalue weighted by molar-refractivity contribution is 8.26. The van der Waals surface area contributed by atoms with E-state index in [1.54, 1.807) is 16.0 Å². The van der Waals surface area contributed by atoms with Gasteiger partial charge in [0, 0.05) is 11.8 Å². The molecule has 158 valence electrons. The molecule has 3 aromatic rings. The lowest BCUT2D eigenvalue weighted by Crippen LogP contribution is -2.39. The fourth-order valence-electron chi connectivity index (χ4n) is 3.73. The van der Waals surface area contributed by atoms with Gasteiger partial charge in [0.1, 0.15) is 10.0 Å². The number of thiocarbonyl (C=S) groups is 1. The van der Waals surface area contributed by atoms with E-state index in [4.69, 9.17) is 17.3 Å². The van der Waals surface area contributed by atoms with E-state index in [2.05, 4.69) is 0 Å². The van der Waals surface area contributed by atoms with Crippen molar-refractivity contribution >= 4 is 61.5 Å². The molecule has 1 aromatic carbocycles. The Kier molecular flexibility index (Phi) is 5.33. The molecule has 1 atom stereocenters. The molecule has 10 heteroatoms. The Morgan fingerprint density at radius 2 is 1.97 bits per heavy atom. The predicted octanol–water partition coefficient (Wildman–Crippen LogP) is 3.99. The second kappa shape index (κ2) is 8.01. The van der Waals surface area contributed by atoms with Crippen LogP contribution in [0, 0.1) is 0 Å². The Labute approximate surface area is 193 Å². The topological polar surface area (TPSA) is 72.3 Å². The standard InChI is InChI=1S/C21H17N3O3S4/c25-20-18(30-21(28)24(20)16-8-10-31(26,27)13-16)11-14-12-23(15-5-2-1-3-6-15)22-19(14)17-7-4-9-29-17/h1-7,9,11-12,16H,8,10,13H2/b18-11+. The molecule has 2 aromatic heterocycles. The summed E-state index contributed by atoms with van der Waals surface area (Å²) in [7, 11) is -3.11. The molecule has 0 spiro atoms. The van der Waals surface area contributed by atoms with Crippen molar-refractivity contribution in [3.8, 4) is 16.3 Å². The van der Waals surface area contributed by atoms with Crippen molar-refractivity contribution < 1.29 is 13.2 Å². The molecule has 4 heterocycles. The summed E-state index contributed by atoms with van der Waals surface area (Å²) in [5.74, 6) is -0.166. The summed E-state index contributed by atoms with van der Waals surface area (Å²) in [6.45, 7) is 0. The molecule has 1 amide bonds. The van der Waals surface area contributed by atoms with Crippen molar-refractivity contribution in [3.63, 3.8) is 0 Å². The smallest absolute Gasteiger partial charge is 0.266 e. The maximum atomic E-state index is 13.1. The zero-order chi connectivity index (χ0) is 21.6. The first-order valence-corrected chi connectivity index (χ1v) is 13.5. The summed E-state index contributed by atoms with van der Waals surface area (Å²) < 4.78 is 26.0. The van der Waals surface area contributed by atoms with Gasteiger partial charge in [0.2, 0.25) is 0 Å². The van der Waals surface area contributed by atoms with E-state index < -0.39 is 9.84 Å². The van der Waals surface area contributed by atoms with Crippen LogP contribution in [0.4, 0.5) is 0 Å². The third-order valence-electron chi connectivity index (χ3n) is 5.20. The average molecular weight is 488 g/mol. The molecular weight excluding hydrogens is 471 g/mol. The van der Waals surface area contributed by atoms with Crippen LogP contribution in [0.15, 0.2) is 58.9 Å². The third-order valence-corrected chi connectivity index (χ3v) is 9.16. The summed E-state index contributed by atoms with van der Waals surface area (Å²) in [5, 5.41) is 6.75. The minimum absolute atomic E-state index is 0.0287. The lowest BCUT2D eigenvalue weighted by molar-refractivity contribution is -0.123. The lowest BCUT2D eigenvalue weighted by atomic mass is 10.2. The van der Waals surface area contributed by atoms with Crippen LogP contribution in [0.5, 0.6) is 0 Å². The molecule has 2 aliphatic heterocycles. The highest BCUT2D eigenvalue weighted by atomic mass is 32.2. The van der Waals surface area contributed by atoms with E-state index >= 15 is 0 Å². The van der Waals surface area contributed by atoms with E-state index in [0.29, 0.717) is 15.6 Å². The van der Waals surface area contributed by atoms with Crippen LogP contribution in [0.2, 0.25) is 0 Å². The number of sulfone groups is 1. The fourth-order valence-corrected chi connectivity index (χ4v) is 7.55. The quantitative estimate of drug-likeness (QED) is 0.409. The van der Waals surface area contributed by atoms with Gasteiger partial charge in [-0.1, -0.05) is 48.2 Å². The van der Waals surface area contributed by atoms with Crippen LogP contribution in [-0.2, 0) is 14.6 Å². The van der Waals surface area contributed by atoms with E-state index in [0.717, 1.165) is 21.8 Å². The predicted molar refractivity (Wildman–Crippen MR) is 129 cm³/mol. The number of amides is 1. The maximum absolute atomic E-state index is 13.1. The van der Waals surface area contributed by atoms with Gasteiger partial charge in [0.25, 0.3) is 5.91 Å². The van der Waals surface area contributed by atoms with E-state index in [9.17, 15) is 13.2 Å². The molecule has 2 aliphatic rings. The number of para-hydroxylation sites is 1. The molecule has 1 unspecified atom stereocenters. The van der Waals surface area contributed by atoms with Crippen LogP contribution in [0.1, 0.15) is 12.0 Å². The number of carbonyl (C=O) groups excluding carboxylic acids is 1. The van der Waals surface area contributed by atoms with Crippen LogP contribution in [0.25, 0.3) is 22.3 Å². The van der Waals surface area contributed by atoms with Gasteiger partial charge in [0.05, 0.1) is 33.0 Å². The van der Waals surface area contributed by atoms with Gasteiger partial charge in [-0.05, 0) is 36.1 Å². The summed E-state index contributed by atoms with van der Waals surface area (Å²) in [5.41, 5.74) is 2.52. The molecule has 31 heavy (non-hydrogen) atoms. The second-order valence-electron chi connectivity index (χ2n) is 7.30. The Hall–Kier alpha value is -2.27. The first-order valence-electron chi connectivity index (χ1n) is 9.58.